The van der Waals surface area contributed by atoms with Gasteiger partial charge in [0.1, 0.15) is 15.6 Å². The molecule has 1 aromatic carbocycles. The predicted octanol–water partition coefficient (Wildman–Crippen LogP) is 3.88. The average molecular weight is 449 g/mol. The van der Waals surface area contributed by atoms with Gasteiger partial charge in [-0.25, -0.2) is 8.42 Å². The lowest BCUT2D eigenvalue weighted by atomic mass is 9.88. The molecule has 1 amide bonds. The molecule has 1 aromatic heterocycles. The molecule has 30 heavy (non-hydrogen) atoms. The van der Waals surface area contributed by atoms with E-state index in [9.17, 15) is 13.2 Å². The van der Waals surface area contributed by atoms with Crippen LogP contribution in [-0.2, 0) is 14.8 Å². The Hall–Kier alpha value is -1.90. The third-order valence-corrected chi connectivity index (χ3v) is 9.12. The molecular formula is C22H28N2O4S2. The van der Waals surface area contributed by atoms with Gasteiger partial charge in [0.15, 0.2) is 0 Å². The lowest BCUT2D eigenvalue weighted by Gasteiger charge is -2.39. The van der Waals surface area contributed by atoms with Crippen LogP contribution in [0.3, 0.4) is 0 Å². The second-order valence-electron chi connectivity index (χ2n) is 8.78. The van der Waals surface area contributed by atoms with Crippen LogP contribution in [0.5, 0.6) is 5.75 Å². The molecule has 1 saturated heterocycles. The van der Waals surface area contributed by atoms with E-state index in [0.29, 0.717) is 36.6 Å². The van der Waals surface area contributed by atoms with Crippen LogP contribution in [0.25, 0.3) is 0 Å². The zero-order chi connectivity index (χ0) is 21.5. The van der Waals surface area contributed by atoms with Crippen molar-refractivity contribution in [3.05, 3.63) is 46.8 Å². The number of nitrogens with zero attached hydrogens (tertiary/aromatic N) is 1. The van der Waals surface area contributed by atoms with E-state index in [1.807, 2.05) is 32.9 Å². The number of aryl methyl sites for hydroxylation is 1. The number of carbonyl (C=O) groups is 1. The molecule has 8 heteroatoms. The molecule has 0 radical (unpaired) electrons. The van der Waals surface area contributed by atoms with Crippen molar-refractivity contribution in [2.45, 2.75) is 55.9 Å². The molecule has 2 aromatic rings. The van der Waals surface area contributed by atoms with Gasteiger partial charge in [-0.15, -0.1) is 11.3 Å². The van der Waals surface area contributed by atoms with E-state index < -0.39 is 10.0 Å². The molecule has 4 rings (SSSR count). The van der Waals surface area contributed by atoms with Gasteiger partial charge in [0, 0.05) is 31.0 Å². The van der Waals surface area contributed by atoms with Crippen molar-refractivity contribution in [2.24, 2.45) is 5.92 Å². The maximum atomic E-state index is 13.0. The smallest absolute Gasteiger partial charge is 0.252 e. The third-order valence-electron chi connectivity index (χ3n) is 5.85. The van der Waals surface area contributed by atoms with E-state index >= 15 is 0 Å². The van der Waals surface area contributed by atoms with Crippen LogP contribution in [0, 0.1) is 12.8 Å². The normalized spacial score (nSPS) is 22.2. The summed E-state index contributed by atoms with van der Waals surface area (Å²) >= 11 is 1.23. The van der Waals surface area contributed by atoms with Gasteiger partial charge in [0.05, 0.1) is 6.04 Å². The van der Waals surface area contributed by atoms with Crippen molar-refractivity contribution in [3.63, 3.8) is 0 Å². The fraction of sp³-hybridized carbons (Fsp3) is 0.500. The number of thiophene rings is 1. The van der Waals surface area contributed by atoms with E-state index in [1.54, 1.807) is 17.5 Å². The topological polar surface area (TPSA) is 75.7 Å². The molecule has 0 spiro atoms. The maximum Gasteiger partial charge on any atom is 0.252 e. The Bertz CT molecular complexity index is 1020. The van der Waals surface area contributed by atoms with Crippen LogP contribution in [0.1, 0.15) is 50.3 Å². The Morgan fingerprint density at radius 2 is 1.97 bits per heavy atom. The van der Waals surface area contributed by atoms with Gasteiger partial charge < -0.3 is 10.1 Å². The summed E-state index contributed by atoms with van der Waals surface area (Å²) in [6.45, 7) is 6.83. The average Bonchev–Trinajstić information content (AvgIpc) is 3.24. The van der Waals surface area contributed by atoms with E-state index in [4.69, 9.17) is 4.74 Å². The zero-order valence-corrected chi connectivity index (χ0v) is 19.2. The van der Waals surface area contributed by atoms with Crippen molar-refractivity contribution in [3.8, 4) is 5.75 Å². The van der Waals surface area contributed by atoms with Crippen molar-refractivity contribution in [1.29, 1.82) is 0 Å². The molecule has 0 saturated carbocycles. The molecule has 3 heterocycles. The first-order valence-corrected chi connectivity index (χ1v) is 12.6. The Morgan fingerprint density at radius 1 is 1.23 bits per heavy atom. The summed E-state index contributed by atoms with van der Waals surface area (Å²) < 4.78 is 33.4. The van der Waals surface area contributed by atoms with Crippen LogP contribution in [0.15, 0.2) is 39.9 Å². The third kappa shape index (κ3) is 4.26. The molecule has 1 unspecified atom stereocenters. The second-order valence-corrected chi connectivity index (χ2v) is 11.9. The number of rotatable bonds is 4. The quantitative estimate of drug-likeness (QED) is 0.770. The highest BCUT2D eigenvalue weighted by molar-refractivity contribution is 7.91. The lowest BCUT2D eigenvalue weighted by Crippen LogP contribution is -2.46. The Labute approximate surface area is 182 Å². The van der Waals surface area contributed by atoms with Crippen molar-refractivity contribution in [2.75, 3.05) is 13.1 Å². The number of hydrogen-bond acceptors (Lipinski definition) is 5. The van der Waals surface area contributed by atoms with Crippen LogP contribution in [-0.4, -0.2) is 37.3 Å². The van der Waals surface area contributed by atoms with Crippen molar-refractivity contribution >= 4 is 27.3 Å². The van der Waals surface area contributed by atoms with Crippen molar-refractivity contribution < 1.29 is 17.9 Å². The summed E-state index contributed by atoms with van der Waals surface area (Å²) in [6, 6.07) is 9.33. The molecule has 162 valence electrons. The fourth-order valence-electron chi connectivity index (χ4n) is 4.29. The van der Waals surface area contributed by atoms with Gasteiger partial charge >= 0.3 is 0 Å². The van der Waals surface area contributed by atoms with Crippen LogP contribution in [0.4, 0.5) is 0 Å². The summed E-state index contributed by atoms with van der Waals surface area (Å²) in [5, 5.41) is 4.99. The van der Waals surface area contributed by atoms with Crippen LogP contribution in [0.2, 0.25) is 0 Å². The lowest BCUT2D eigenvalue weighted by molar-refractivity contribution is -0.127. The first-order chi connectivity index (χ1) is 14.2. The van der Waals surface area contributed by atoms with Crippen molar-refractivity contribution in [1.82, 2.24) is 9.62 Å². The molecular weight excluding hydrogens is 420 g/mol. The number of carbonyl (C=O) groups excluding carboxylic acids is 1. The number of benzene rings is 1. The van der Waals surface area contributed by atoms with E-state index in [1.165, 1.54) is 15.6 Å². The summed E-state index contributed by atoms with van der Waals surface area (Å²) in [4.78, 5) is 13.0. The number of nitrogens with one attached hydrogen (secondary N) is 1. The highest BCUT2D eigenvalue weighted by Gasteiger charge is 2.37. The van der Waals surface area contributed by atoms with E-state index in [2.05, 4.69) is 11.4 Å². The van der Waals surface area contributed by atoms with Gasteiger partial charge in [-0.1, -0.05) is 23.8 Å². The molecule has 0 bridgehead atoms. The predicted molar refractivity (Wildman–Crippen MR) is 117 cm³/mol. The highest BCUT2D eigenvalue weighted by Crippen LogP contribution is 2.40. The minimum atomic E-state index is -3.45. The van der Waals surface area contributed by atoms with Crippen LogP contribution >= 0.6 is 11.3 Å². The Balaban J connectivity index is 1.43. The summed E-state index contributed by atoms with van der Waals surface area (Å²) in [7, 11) is -3.45. The largest absolute Gasteiger partial charge is 0.487 e. The SMILES string of the molecule is Cc1ccc2c(c1)C(NC(=O)C1CCN(S(=O)(=O)c3cccs3)CC1)CC(C)(C)O2. The molecule has 1 N–H and O–H groups in total. The number of ether oxygens (including phenoxy) is 1. The number of sulfonamides is 1. The molecule has 6 nitrogen and oxygen atoms in total. The number of piperidine rings is 1. The summed E-state index contributed by atoms with van der Waals surface area (Å²) in [6.07, 6.45) is 1.76. The zero-order valence-electron chi connectivity index (χ0n) is 17.6. The minimum Gasteiger partial charge on any atom is -0.487 e. The van der Waals surface area contributed by atoms with E-state index in [0.717, 1.165) is 16.9 Å². The summed E-state index contributed by atoms with van der Waals surface area (Å²) in [5.74, 6) is 0.636. The van der Waals surface area contributed by atoms with Crippen LogP contribution < -0.4 is 10.1 Å². The molecule has 1 atom stereocenters. The highest BCUT2D eigenvalue weighted by atomic mass is 32.2. The van der Waals surface area contributed by atoms with Gasteiger partial charge in [-0.05, 0) is 51.1 Å². The molecule has 2 aliphatic rings. The fourth-order valence-corrected chi connectivity index (χ4v) is 6.90. The van der Waals surface area contributed by atoms with Gasteiger partial charge in [-0.2, -0.15) is 4.31 Å². The molecule has 1 fully saturated rings. The maximum absolute atomic E-state index is 13.0. The van der Waals surface area contributed by atoms with Gasteiger partial charge in [-0.3, -0.25) is 4.79 Å². The summed E-state index contributed by atoms with van der Waals surface area (Å²) in [5.41, 5.74) is 1.78. The molecule has 0 aliphatic carbocycles. The first kappa shape index (κ1) is 21.3. The monoisotopic (exact) mass is 448 g/mol. The number of fused-ring (bicyclic) bond motifs is 1. The second kappa shape index (κ2) is 7.98. The standard InChI is InChI=1S/C22H28N2O4S2/c1-15-6-7-19-17(13-15)18(14-22(2,3)28-19)23-21(25)16-8-10-24(11-9-16)30(26,27)20-5-4-12-29-20/h4-7,12-13,16,18H,8-11,14H2,1-3H3,(H,23,25). The van der Waals surface area contributed by atoms with Gasteiger partial charge in [0.25, 0.3) is 10.0 Å². The number of amides is 1. The minimum absolute atomic E-state index is 0.00155. The Morgan fingerprint density at radius 3 is 2.63 bits per heavy atom. The number of hydrogen-bond donors (Lipinski definition) is 1. The van der Waals surface area contributed by atoms with Gasteiger partial charge in [0.2, 0.25) is 5.91 Å². The van der Waals surface area contributed by atoms with E-state index in [-0.39, 0.29) is 23.5 Å². The molecule has 2 aliphatic heterocycles. The first-order valence-electron chi connectivity index (χ1n) is 10.3. The Kier molecular flexibility index (Phi) is 5.67.